The third-order valence-corrected chi connectivity index (χ3v) is 5.07. The zero-order chi connectivity index (χ0) is 16.5. The zero-order valence-corrected chi connectivity index (χ0v) is 13.6. The van der Waals surface area contributed by atoms with Gasteiger partial charge in [-0.1, -0.05) is 12.1 Å². The summed E-state index contributed by atoms with van der Waals surface area (Å²) in [6, 6.07) is 8.08. The molecule has 2 aromatic rings. The number of fused-ring (bicyclic) bond motifs is 1. The lowest BCUT2D eigenvalue weighted by atomic mass is 9.89. The highest BCUT2D eigenvalue weighted by Crippen LogP contribution is 2.43. The Balaban J connectivity index is 1.68. The number of nitrogens with one attached hydrogen (secondary N) is 1. The fourth-order valence-corrected chi connectivity index (χ4v) is 3.91. The van der Waals surface area contributed by atoms with Crippen LogP contribution in [-0.4, -0.2) is 47.5 Å². The lowest BCUT2D eigenvalue weighted by Crippen LogP contribution is -2.35. The van der Waals surface area contributed by atoms with Crippen molar-refractivity contribution >= 4 is 5.91 Å². The Bertz CT molecular complexity index is 720. The Labute approximate surface area is 140 Å². The second kappa shape index (κ2) is 6.20. The lowest BCUT2D eigenvalue weighted by molar-refractivity contribution is 0.0707. The molecule has 2 fully saturated rings. The van der Waals surface area contributed by atoms with Crippen LogP contribution in [0.15, 0.2) is 42.9 Å². The van der Waals surface area contributed by atoms with E-state index < -0.39 is 0 Å². The Morgan fingerprint density at radius 3 is 2.79 bits per heavy atom. The standard InChI is InChI=1S/C18H20N4O2/c1-24-14-4-2-12(3-5-14)17-15-9-20-8-13(15)11-22(17)18(23)16-10-19-6-7-21-16/h2-7,10,13,15,17,20H,8-9,11H2,1H3/t13-,15-,17-/m0/s1. The number of rotatable bonds is 3. The molecule has 3 heterocycles. The van der Waals surface area contributed by atoms with E-state index in [1.807, 2.05) is 17.0 Å². The quantitative estimate of drug-likeness (QED) is 0.927. The second-order valence-corrected chi connectivity index (χ2v) is 6.35. The van der Waals surface area contributed by atoms with Gasteiger partial charge in [-0.25, -0.2) is 4.98 Å². The molecule has 0 saturated carbocycles. The van der Waals surface area contributed by atoms with Crippen LogP contribution >= 0.6 is 0 Å². The smallest absolute Gasteiger partial charge is 0.274 e. The number of hydrogen-bond donors (Lipinski definition) is 1. The van der Waals surface area contributed by atoms with E-state index >= 15 is 0 Å². The molecule has 2 aliphatic heterocycles. The van der Waals surface area contributed by atoms with Crippen molar-refractivity contribution in [1.29, 1.82) is 0 Å². The van der Waals surface area contributed by atoms with Crippen molar-refractivity contribution < 1.29 is 9.53 Å². The van der Waals surface area contributed by atoms with Gasteiger partial charge in [0.15, 0.2) is 0 Å². The van der Waals surface area contributed by atoms with Gasteiger partial charge in [-0.05, 0) is 23.6 Å². The molecule has 2 saturated heterocycles. The largest absolute Gasteiger partial charge is 0.497 e. The van der Waals surface area contributed by atoms with Crippen molar-refractivity contribution in [3.05, 3.63) is 54.1 Å². The van der Waals surface area contributed by atoms with Crippen LogP contribution in [0.1, 0.15) is 22.1 Å². The summed E-state index contributed by atoms with van der Waals surface area (Å²) < 4.78 is 5.25. The number of amides is 1. The Kier molecular flexibility index (Phi) is 3.90. The summed E-state index contributed by atoms with van der Waals surface area (Å²) in [5.41, 5.74) is 1.55. The average Bonchev–Trinajstić information content (AvgIpc) is 3.23. The van der Waals surface area contributed by atoms with Gasteiger partial charge in [0.2, 0.25) is 0 Å². The SMILES string of the molecule is COc1ccc([C@H]2[C@H]3CNC[C@H]3CN2C(=O)c2cnccn2)cc1. The number of nitrogens with zero attached hydrogens (tertiary/aromatic N) is 3. The van der Waals surface area contributed by atoms with Gasteiger partial charge in [-0.15, -0.1) is 0 Å². The highest BCUT2D eigenvalue weighted by atomic mass is 16.5. The first-order valence-corrected chi connectivity index (χ1v) is 8.19. The van der Waals surface area contributed by atoms with Crippen molar-refractivity contribution in [3.63, 3.8) is 0 Å². The molecule has 0 bridgehead atoms. The average molecular weight is 324 g/mol. The van der Waals surface area contributed by atoms with Crippen molar-refractivity contribution in [2.24, 2.45) is 11.8 Å². The van der Waals surface area contributed by atoms with Crippen LogP contribution in [0.4, 0.5) is 0 Å². The summed E-state index contributed by atoms with van der Waals surface area (Å²) in [6.07, 6.45) is 4.69. The maximum Gasteiger partial charge on any atom is 0.274 e. The summed E-state index contributed by atoms with van der Waals surface area (Å²) in [6.45, 7) is 2.65. The number of benzene rings is 1. The van der Waals surface area contributed by atoms with E-state index in [0.29, 0.717) is 17.5 Å². The minimum absolute atomic E-state index is 0.0432. The highest BCUT2D eigenvalue weighted by Gasteiger charge is 2.47. The molecule has 0 radical (unpaired) electrons. The normalized spacial score (nSPS) is 25.5. The monoisotopic (exact) mass is 324 g/mol. The topological polar surface area (TPSA) is 67.3 Å². The Hall–Kier alpha value is -2.47. The highest BCUT2D eigenvalue weighted by molar-refractivity contribution is 5.92. The molecular formula is C18H20N4O2. The summed E-state index contributed by atoms with van der Waals surface area (Å²) >= 11 is 0. The van der Waals surface area contributed by atoms with Crippen LogP contribution in [-0.2, 0) is 0 Å². The van der Waals surface area contributed by atoms with Crippen LogP contribution in [0, 0.1) is 11.8 Å². The van der Waals surface area contributed by atoms with Gasteiger partial charge in [0.1, 0.15) is 11.4 Å². The molecule has 124 valence electrons. The first-order valence-electron chi connectivity index (χ1n) is 8.19. The molecule has 0 aliphatic carbocycles. The van der Waals surface area contributed by atoms with Gasteiger partial charge < -0.3 is 15.0 Å². The summed E-state index contributed by atoms with van der Waals surface area (Å²) in [4.78, 5) is 23.1. The van der Waals surface area contributed by atoms with Crippen molar-refractivity contribution in [3.8, 4) is 5.75 Å². The molecule has 1 aromatic carbocycles. The first-order chi connectivity index (χ1) is 11.8. The Morgan fingerprint density at radius 1 is 1.25 bits per heavy atom. The fourth-order valence-electron chi connectivity index (χ4n) is 3.91. The molecule has 1 N–H and O–H groups in total. The van der Waals surface area contributed by atoms with Crippen LogP contribution < -0.4 is 10.1 Å². The van der Waals surface area contributed by atoms with Crippen LogP contribution in [0.2, 0.25) is 0 Å². The van der Waals surface area contributed by atoms with Crippen LogP contribution in [0.25, 0.3) is 0 Å². The molecule has 3 atom stereocenters. The first kappa shape index (κ1) is 15.1. The van der Waals surface area contributed by atoms with Gasteiger partial charge in [-0.3, -0.25) is 9.78 Å². The molecule has 24 heavy (non-hydrogen) atoms. The number of carbonyl (C=O) groups excluding carboxylic acids is 1. The van der Waals surface area contributed by atoms with E-state index in [2.05, 4.69) is 27.4 Å². The number of likely N-dealkylation sites (tertiary alicyclic amines) is 1. The zero-order valence-electron chi connectivity index (χ0n) is 13.6. The van der Waals surface area contributed by atoms with Crippen molar-refractivity contribution in [2.75, 3.05) is 26.7 Å². The van der Waals surface area contributed by atoms with E-state index in [1.165, 1.54) is 0 Å². The van der Waals surface area contributed by atoms with Crippen LogP contribution in [0.3, 0.4) is 0 Å². The summed E-state index contributed by atoms with van der Waals surface area (Å²) in [7, 11) is 1.66. The van der Waals surface area contributed by atoms with Gasteiger partial charge in [0.05, 0.1) is 19.3 Å². The third-order valence-electron chi connectivity index (χ3n) is 5.07. The van der Waals surface area contributed by atoms with Gasteiger partial charge >= 0.3 is 0 Å². The van der Waals surface area contributed by atoms with E-state index in [9.17, 15) is 4.79 Å². The van der Waals surface area contributed by atoms with Gasteiger partial charge in [0, 0.05) is 37.9 Å². The van der Waals surface area contributed by atoms with Gasteiger partial charge in [0.25, 0.3) is 5.91 Å². The molecule has 0 spiro atoms. The number of aromatic nitrogens is 2. The number of methoxy groups -OCH3 is 1. The van der Waals surface area contributed by atoms with E-state index in [1.54, 1.807) is 25.7 Å². The van der Waals surface area contributed by atoms with E-state index in [-0.39, 0.29) is 11.9 Å². The predicted molar refractivity (Wildman–Crippen MR) is 88.7 cm³/mol. The summed E-state index contributed by atoms with van der Waals surface area (Å²) in [5.74, 6) is 1.69. The molecule has 0 unspecified atom stereocenters. The molecule has 1 aromatic heterocycles. The lowest BCUT2D eigenvalue weighted by Gasteiger charge is -2.28. The molecule has 4 rings (SSSR count). The molecule has 2 aliphatic rings. The van der Waals surface area contributed by atoms with E-state index in [0.717, 1.165) is 30.9 Å². The van der Waals surface area contributed by atoms with Crippen molar-refractivity contribution in [1.82, 2.24) is 20.2 Å². The maximum atomic E-state index is 13.0. The molecular weight excluding hydrogens is 304 g/mol. The Morgan fingerprint density at radius 2 is 2.08 bits per heavy atom. The number of ether oxygens (including phenoxy) is 1. The van der Waals surface area contributed by atoms with Crippen molar-refractivity contribution in [2.45, 2.75) is 6.04 Å². The fraction of sp³-hybridized carbons (Fsp3) is 0.389. The molecule has 1 amide bonds. The summed E-state index contributed by atoms with van der Waals surface area (Å²) in [5, 5.41) is 3.46. The third kappa shape index (κ3) is 2.53. The maximum absolute atomic E-state index is 13.0. The van der Waals surface area contributed by atoms with Crippen LogP contribution in [0.5, 0.6) is 5.75 Å². The minimum atomic E-state index is -0.0432. The minimum Gasteiger partial charge on any atom is -0.497 e. The number of hydrogen-bond acceptors (Lipinski definition) is 5. The molecule has 6 heteroatoms. The van der Waals surface area contributed by atoms with E-state index in [4.69, 9.17) is 4.74 Å². The predicted octanol–water partition coefficient (Wildman–Crippen LogP) is 1.52. The molecule has 6 nitrogen and oxygen atoms in total. The second-order valence-electron chi connectivity index (χ2n) is 6.35. The van der Waals surface area contributed by atoms with Gasteiger partial charge in [-0.2, -0.15) is 0 Å². The number of carbonyl (C=O) groups is 1.